The van der Waals surface area contributed by atoms with E-state index >= 15 is 0 Å². The highest BCUT2D eigenvalue weighted by atomic mass is 127. The molecule has 0 fully saturated rings. The number of fused-ring (bicyclic) bond motifs is 2. The van der Waals surface area contributed by atoms with Crippen LogP contribution in [0.1, 0.15) is 0 Å². The zero-order chi connectivity index (χ0) is 14.3. The second-order valence-corrected chi connectivity index (χ2v) is 7.14. The summed E-state index contributed by atoms with van der Waals surface area (Å²) in [6.07, 6.45) is 0. The van der Waals surface area contributed by atoms with E-state index in [1.165, 1.54) is 0 Å². The van der Waals surface area contributed by atoms with Gasteiger partial charge in [-0.25, -0.2) is 4.79 Å². The van der Waals surface area contributed by atoms with Crippen LogP contribution in [0.3, 0.4) is 0 Å². The monoisotopic (exact) mass is 606 g/mol. The molecule has 0 unspecified atom stereocenters. The maximum atomic E-state index is 11.8. The average molecular weight is 606 g/mol. The van der Waals surface area contributed by atoms with Crippen LogP contribution < -0.4 is 5.82 Å². The van der Waals surface area contributed by atoms with Crippen molar-refractivity contribution in [2.24, 2.45) is 0 Å². The molecule has 102 valence electrons. The third kappa shape index (κ3) is 2.71. The predicted molar refractivity (Wildman–Crippen MR) is 100 cm³/mol. The maximum Gasteiger partial charge on any atom is 0.519 e. The Kier molecular flexibility index (Phi) is 4.26. The van der Waals surface area contributed by atoms with Gasteiger partial charge in [-0.3, -0.25) is 0 Å². The van der Waals surface area contributed by atoms with Gasteiger partial charge in [-0.05, 0) is 86.0 Å². The summed E-state index contributed by atoms with van der Waals surface area (Å²) >= 11 is 6.55. The molecule has 2 aromatic carbocycles. The highest BCUT2D eigenvalue weighted by molar-refractivity contribution is 14.1. The third-order valence-corrected chi connectivity index (χ3v) is 7.60. The van der Waals surface area contributed by atoms with E-state index in [9.17, 15) is 4.79 Å². The number of benzene rings is 2. The summed E-state index contributed by atoms with van der Waals surface area (Å²) in [4.78, 5) is 11.8. The quantitative estimate of drug-likeness (QED) is 0.265. The molecule has 0 spiro atoms. The molecular weight excluding hydrogens is 601 g/mol. The Labute approximate surface area is 153 Å². The van der Waals surface area contributed by atoms with Gasteiger partial charge in [0.1, 0.15) is 0 Å². The van der Waals surface area contributed by atoms with E-state index in [2.05, 4.69) is 67.8 Å². The lowest BCUT2D eigenvalue weighted by atomic mass is 10.3. The SMILES string of the molecule is O=c1oc2ccccc2oc2cc(I)c(I)c(I)c2o1. The summed E-state index contributed by atoms with van der Waals surface area (Å²) in [5.41, 5.74) is 1.71. The fraction of sp³-hybridized carbons (Fsp3) is 0. The van der Waals surface area contributed by atoms with Crippen LogP contribution in [0.25, 0.3) is 22.3 Å². The van der Waals surface area contributed by atoms with E-state index in [0.717, 1.165) is 10.7 Å². The second kappa shape index (κ2) is 5.83. The fourth-order valence-electron chi connectivity index (χ4n) is 1.66. The Morgan fingerprint density at radius 3 is 2.15 bits per heavy atom. The molecule has 20 heavy (non-hydrogen) atoms. The van der Waals surface area contributed by atoms with Crippen molar-refractivity contribution in [1.29, 1.82) is 0 Å². The van der Waals surface area contributed by atoms with Crippen LogP contribution in [0.5, 0.6) is 0 Å². The van der Waals surface area contributed by atoms with Gasteiger partial charge < -0.3 is 13.3 Å². The Hall–Kier alpha value is -0.300. The zero-order valence-electron chi connectivity index (χ0n) is 9.65. The van der Waals surface area contributed by atoms with Crippen molar-refractivity contribution < 1.29 is 13.3 Å². The highest BCUT2D eigenvalue weighted by Gasteiger charge is 2.12. The molecule has 1 heterocycles. The zero-order valence-corrected chi connectivity index (χ0v) is 16.1. The Morgan fingerprint density at radius 2 is 1.45 bits per heavy atom. The molecule has 0 aliphatic rings. The van der Waals surface area contributed by atoms with Gasteiger partial charge in [0.05, 0.1) is 3.57 Å². The van der Waals surface area contributed by atoms with Crippen LogP contribution in [0.15, 0.2) is 48.4 Å². The molecule has 0 bridgehead atoms. The van der Waals surface area contributed by atoms with Crippen LogP contribution in [0.4, 0.5) is 0 Å². The van der Waals surface area contributed by atoms with E-state index < -0.39 is 5.82 Å². The van der Waals surface area contributed by atoms with Gasteiger partial charge in [-0.2, -0.15) is 0 Å². The number of rotatable bonds is 0. The first-order valence-corrected chi connectivity index (χ1v) is 8.64. The molecule has 0 saturated carbocycles. The lowest BCUT2D eigenvalue weighted by Gasteiger charge is -2.03. The number of hydrogen-bond donors (Lipinski definition) is 0. The Bertz CT molecular complexity index is 918. The molecule has 0 radical (unpaired) electrons. The summed E-state index contributed by atoms with van der Waals surface area (Å²) in [5, 5.41) is 0. The van der Waals surface area contributed by atoms with E-state index in [1.54, 1.807) is 18.2 Å². The van der Waals surface area contributed by atoms with E-state index in [0.29, 0.717) is 22.3 Å². The number of para-hydroxylation sites is 2. The molecule has 7 heteroatoms. The van der Waals surface area contributed by atoms with Crippen molar-refractivity contribution in [3.05, 3.63) is 51.7 Å². The predicted octanol–water partition coefficient (Wildman–Crippen LogP) is 5.07. The molecule has 0 amide bonds. The van der Waals surface area contributed by atoms with Crippen LogP contribution >= 0.6 is 67.8 Å². The molecule has 4 nitrogen and oxygen atoms in total. The Morgan fingerprint density at radius 1 is 0.800 bits per heavy atom. The van der Waals surface area contributed by atoms with Gasteiger partial charge in [0.2, 0.25) is 0 Å². The summed E-state index contributed by atoms with van der Waals surface area (Å²) in [6, 6.07) is 8.83. The van der Waals surface area contributed by atoms with Gasteiger partial charge in [0.25, 0.3) is 0 Å². The lowest BCUT2D eigenvalue weighted by molar-refractivity contribution is 0.367. The molecule has 3 rings (SSSR count). The topological polar surface area (TPSA) is 56.5 Å². The summed E-state index contributed by atoms with van der Waals surface area (Å²) < 4.78 is 19.1. The fourth-order valence-corrected chi connectivity index (χ4v) is 3.79. The largest absolute Gasteiger partial charge is 0.519 e. The molecule has 0 saturated heterocycles. The molecule has 3 aromatic rings. The minimum Gasteiger partial charge on any atom is -0.449 e. The van der Waals surface area contributed by atoms with Gasteiger partial charge in [-0.1, -0.05) is 12.1 Å². The summed E-state index contributed by atoms with van der Waals surface area (Å²) in [5.74, 6) is -0.767. The number of halogens is 3. The maximum absolute atomic E-state index is 11.8. The first-order valence-electron chi connectivity index (χ1n) is 5.40. The minimum absolute atomic E-state index is 0.340. The molecule has 0 aliphatic heterocycles. The van der Waals surface area contributed by atoms with E-state index in [1.807, 2.05) is 12.1 Å². The van der Waals surface area contributed by atoms with Crippen molar-refractivity contribution in [1.82, 2.24) is 0 Å². The van der Waals surface area contributed by atoms with Crippen LogP contribution in [0.2, 0.25) is 0 Å². The molecule has 1 aromatic heterocycles. The minimum atomic E-state index is -0.767. The molecule has 0 aliphatic carbocycles. The van der Waals surface area contributed by atoms with Crippen molar-refractivity contribution in [3.8, 4) is 0 Å². The van der Waals surface area contributed by atoms with Gasteiger partial charge in [0.15, 0.2) is 22.3 Å². The second-order valence-electron chi connectivity index (χ2n) is 3.82. The Balaban J connectivity index is 2.61. The third-order valence-electron chi connectivity index (χ3n) is 2.53. The van der Waals surface area contributed by atoms with Crippen molar-refractivity contribution in [2.45, 2.75) is 0 Å². The first-order chi connectivity index (χ1) is 9.56. The van der Waals surface area contributed by atoms with Gasteiger partial charge >= 0.3 is 5.82 Å². The van der Waals surface area contributed by atoms with E-state index in [4.69, 9.17) is 13.3 Å². The van der Waals surface area contributed by atoms with Crippen molar-refractivity contribution in [2.75, 3.05) is 0 Å². The van der Waals surface area contributed by atoms with Crippen molar-refractivity contribution >= 4 is 90.1 Å². The van der Waals surface area contributed by atoms with Crippen molar-refractivity contribution in [3.63, 3.8) is 0 Å². The summed E-state index contributed by atoms with van der Waals surface area (Å²) in [6.45, 7) is 0. The normalized spacial score (nSPS) is 10.9. The smallest absolute Gasteiger partial charge is 0.449 e. The first kappa shape index (κ1) is 14.6. The van der Waals surface area contributed by atoms with E-state index in [-0.39, 0.29) is 0 Å². The lowest BCUT2D eigenvalue weighted by Crippen LogP contribution is -1.96. The van der Waals surface area contributed by atoms with Gasteiger partial charge in [-0.15, -0.1) is 0 Å². The van der Waals surface area contributed by atoms with Gasteiger partial charge in [0, 0.05) is 7.14 Å². The highest BCUT2D eigenvalue weighted by Crippen LogP contribution is 2.29. The average Bonchev–Trinajstić information content (AvgIpc) is 2.41. The van der Waals surface area contributed by atoms with Crippen LogP contribution in [-0.2, 0) is 0 Å². The standard InChI is InChI=1S/C13H5I3O4/c14-6-5-9-12(11(16)10(6)15)20-13(17)19-8-4-2-1-3-7(8)18-9/h1-5H. The van der Waals surface area contributed by atoms with Crippen LogP contribution in [0, 0.1) is 10.7 Å². The molecule has 0 N–H and O–H groups in total. The number of hydrogen-bond acceptors (Lipinski definition) is 4. The summed E-state index contributed by atoms with van der Waals surface area (Å²) in [7, 11) is 0. The molecular formula is C13H5I3O4. The van der Waals surface area contributed by atoms with Crippen LogP contribution in [-0.4, -0.2) is 0 Å². The molecule has 0 atom stereocenters.